The van der Waals surface area contributed by atoms with E-state index in [2.05, 4.69) is 14.8 Å². The van der Waals surface area contributed by atoms with E-state index >= 15 is 0 Å². The van der Waals surface area contributed by atoms with E-state index in [0.29, 0.717) is 31.5 Å². The van der Waals surface area contributed by atoms with Crippen molar-refractivity contribution in [3.63, 3.8) is 0 Å². The molecule has 0 saturated heterocycles. The molecule has 1 amide bonds. The summed E-state index contributed by atoms with van der Waals surface area (Å²) >= 11 is 0. The van der Waals surface area contributed by atoms with Gasteiger partial charge in [-0.1, -0.05) is 12.1 Å². The van der Waals surface area contributed by atoms with Crippen molar-refractivity contribution in [2.24, 2.45) is 0 Å². The molecule has 140 valence electrons. The smallest absolute Gasteiger partial charge is 0.309 e. The Morgan fingerprint density at radius 1 is 1.20 bits per heavy atom. The lowest BCUT2D eigenvalue weighted by molar-refractivity contribution is -0.139. The van der Waals surface area contributed by atoms with Gasteiger partial charge < -0.3 is 10.1 Å². The molecule has 0 spiro atoms. The number of unbranched alkanes of at least 4 members (excludes halogenated alkanes) is 1. The molecule has 0 radical (unpaired) electrons. The van der Waals surface area contributed by atoms with Crippen LogP contribution in [0.15, 0.2) is 24.3 Å². The minimum Gasteiger partial charge on any atom is -0.469 e. The van der Waals surface area contributed by atoms with E-state index in [1.54, 1.807) is 38.1 Å². The first-order valence-electron chi connectivity index (χ1n) is 8.18. The number of methoxy groups -OCH3 is 1. The molecule has 1 aromatic carbocycles. The van der Waals surface area contributed by atoms with Crippen molar-refractivity contribution in [3.05, 3.63) is 29.8 Å². The minimum atomic E-state index is -3.25. The number of carbonyl (C=O) groups is 2. The third-order valence-electron chi connectivity index (χ3n) is 3.54. The Morgan fingerprint density at radius 2 is 1.92 bits per heavy atom. The van der Waals surface area contributed by atoms with Gasteiger partial charge in [0, 0.05) is 18.7 Å². The molecule has 0 aliphatic heterocycles. The first-order valence-corrected chi connectivity index (χ1v) is 9.73. The molecular formula is C17H26N2O5S. The fourth-order valence-electron chi connectivity index (χ4n) is 2.01. The molecule has 0 fully saturated rings. The maximum absolute atomic E-state index is 11.9. The van der Waals surface area contributed by atoms with Gasteiger partial charge in [-0.2, -0.15) is 0 Å². The Labute approximate surface area is 149 Å². The number of hydrogen-bond donors (Lipinski definition) is 2. The van der Waals surface area contributed by atoms with Crippen LogP contribution in [-0.2, 0) is 30.8 Å². The number of amides is 1. The van der Waals surface area contributed by atoms with Gasteiger partial charge in [-0.15, -0.1) is 0 Å². The molecule has 2 N–H and O–H groups in total. The van der Waals surface area contributed by atoms with Crippen molar-refractivity contribution >= 4 is 27.6 Å². The summed E-state index contributed by atoms with van der Waals surface area (Å²) < 4.78 is 30.3. The third kappa shape index (κ3) is 8.13. The molecule has 25 heavy (non-hydrogen) atoms. The highest BCUT2D eigenvalue weighted by Crippen LogP contribution is 2.12. The van der Waals surface area contributed by atoms with Gasteiger partial charge in [0.1, 0.15) is 0 Å². The van der Waals surface area contributed by atoms with Crippen molar-refractivity contribution < 1.29 is 22.7 Å². The zero-order chi connectivity index (χ0) is 18.9. The molecular weight excluding hydrogens is 344 g/mol. The molecule has 1 rings (SSSR count). The van der Waals surface area contributed by atoms with Gasteiger partial charge in [0.05, 0.1) is 18.8 Å². The molecule has 0 heterocycles. The van der Waals surface area contributed by atoms with Gasteiger partial charge in [-0.3, -0.25) is 9.59 Å². The lowest BCUT2D eigenvalue weighted by atomic mass is 10.1. The average molecular weight is 370 g/mol. The van der Waals surface area contributed by atoms with Crippen LogP contribution in [0.5, 0.6) is 0 Å². The second kappa shape index (κ2) is 10.1. The van der Waals surface area contributed by atoms with Crippen LogP contribution in [0.3, 0.4) is 0 Å². The quantitative estimate of drug-likeness (QED) is 0.483. The lowest BCUT2D eigenvalue weighted by Gasteiger charge is -2.09. The predicted octanol–water partition coefficient (Wildman–Crippen LogP) is 1.84. The SMILES string of the molecule is COC(=O)Cc1cccc(NC(=O)CCCCNS(=O)(=O)C(C)C)c1. The van der Waals surface area contributed by atoms with Crippen molar-refractivity contribution in [1.82, 2.24) is 4.72 Å². The van der Waals surface area contributed by atoms with Gasteiger partial charge in [0.25, 0.3) is 0 Å². The molecule has 8 heteroatoms. The van der Waals surface area contributed by atoms with Crippen LogP contribution in [0.4, 0.5) is 5.69 Å². The van der Waals surface area contributed by atoms with Crippen molar-refractivity contribution in [3.8, 4) is 0 Å². The van der Waals surface area contributed by atoms with Crippen LogP contribution in [0, 0.1) is 0 Å². The van der Waals surface area contributed by atoms with Gasteiger partial charge in [0.15, 0.2) is 0 Å². The Balaban J connectivity index is 2.35. The number of hydrogen-bond acceptors (Lipinski definition) is 5. The maximum Gasteiger partial charge on any atom is 0.309 e. The second-order valence-electron chi connectivity index (χ2n) is 5.95. The van der Waals surface area contributed by atoms with E-state index in [1.807, 2.05) is 0 Å². The van der Waals surface area contributed by atoms with Gasteiger partial charge in [-0.05, 0) is 44.4 Å². The van der Waals surface area contributed by atoms with E-state index in [0.717, 1.165) is 5.56 Å². The number of carbonyl (C=O) groups excluding carboxylic acids is 2. The maximum atomic E-state index is 11.9. The fraction of sp³-hybridized carbons (Fsp3) is 0.529. The van der Waals surface area contributed by atoms with E-state index in [4.69, 9.17) is 0 Å². The van der Waals surface area contributed by atoms with Crippen LogP contribution in [0.2, 0.25) is 0 Å². The predicted molar refractivity (Wildman–Crippen MR) is 96.7 cm³/mol. The zero-order valence-corrected chi connectivity index (χ0v) is 15.7. The van der Waals surface area contributed by atoms with Crippen LogP contribution in [-0.4, -0.2) is 39.2 Å². The van der Waals surface area contributed by atoms with Crippen LogP contribution < -0.4 is 10.0 Å². The lowest BCUT2D eigenvalue weighted by Crippen LogP contribution is -2.31. The monoisotopic (exact) mass is 370 g/mol. The number of nitrogens with one attached hydrogen (secondary N) is 2. The fourth-order valence-corrected chi connectivity index (χ4v) is 2.78. The second-order valence-corrected chi connectivity index (χ2v) is 8.27. The van der Waals surface area contributed by atoms with Crippen molar-refractivity contribution in [1.29, 1.82) is 0 Å². The van der Waals surface area contributed by atoms with Crippen molar-refractivity contribution in [2.45, 2.75) is 44.8 Å². The highest BCUT2D eigenvalue weighted by atomic mass is 32.2. The van der Waals surface area contributed by atoms with E-state index < -0.39 is 15.3 Å². The number of esters is 1. The average Bonchev–Trinajstić information content (AvgIpc) is 2.54. The standard InChI is InChI=1S/C17H26N2O5S/c1-13(2)25(22,23)18-10-5-4-9-16(20)19-15-8-6-7-14(11-15)12-17(21)24-3/h6-8,11,13,18H,4-5,9-10,12H2,1-3H3,(H,19,20). The number of sulfonamides is 1. The summed E-state index contributed by atoms with van der Waals surface area (Å²) in [6, 6.07) is 7.02. The number of benzene rings is 1. The summed E-state index contributed by atoms with van der Waals surface area (Å²) in [5.74, 6) is -0.491. The summed E-state index contributed by atoms with van der Waals surface area (Å²) in [6.07, 6.45) is 1.61. The first kappa shape index (κ1) is 21.1. The van der Waals surface area contributed by atoms with Crippen LogP contribution in [0.25, 0.3) is 0 Å². The third-order valence-corrected chi connectivity index (χ3v) is 5.39. The van der Waals surface area contributed by atoms with Crippen LogP contribution in [0.1, 0.15) is 38.7 Å². The molecule has 0 bridgehead atoms. The summed E-state index contributed by atoms with van der Waals surface area (Å²) in [4.78, 5) is 23.2. The van der Waals surface area contributed by atoms with E-state index in [1.165, 1.54) is 7.11 Å². The highest BCUT2D eigenvalue weighted by molar-refractivity contribution is 7.90. The molecule has 0 unspecified atom stereocenters. The zero-order valence-electron chi connectivity index (χ0n) is 14.9. The minimum absolute atomic E-state index is 0.149. The molecule has 7 nitrogen and oxygen atoms in total. The van der Waals surface area contributed by atoms with Gasteiger partial charge in [-0.25, -0.2) is 13.1 Å². The van der Waals surface area contributed by atoms with E-state index in [-0.39, 0.29) is 18.3 Å². The molecule has 0 aliphatic rings. The van der Waals surface area contributed by atoms with E-state index in [9.17, 15) is 18.0 Å². The largest absolute Gasteiger partial charge is 0.469 e. The number of anilines is 1. The Bertz CT molecular complexity index is 686. The molecule has 0 atom stereocenters. The van der Waals surface area contributed by atoms with Gasteiger partial charge >= 0.3 is 5.97 Å². The molecule has 1 aromatic rings. The summed E-state index contributed by atoms with van der Waals surface area (Å²) in [7, 11) is -1.92. The number of ether oxygens (including phenoxy) is 1. The molecule has 0 aromatic heterocycles. The normalized spacial score (nSPS) is 11.4. The van der Waals surface area contributed by atoms with Gasteiger partial charge in [0.2, 0.25) is 15.9 Å². The Hall–Kier alpha value is -1.93. The summed E-state index contributed by atoms with van der Waals surface area (Å²) in [6.45, 7) is 3.55. The Kier molecular flexibility index (Phi) is 8.57. The highest BCUT2D eigenvalue weighted by Gasteiger charge is 2.14. The molecule has 0 saturated carbocycles. The van der Waals surface area contributed by atoms with Crippen LogP contribution >= 0.6 is 0 Å². The summed E-state index contributed by atoms with van der Waals surface area (Å²) in [5, 5.41) is 2.30. The number of rotatable bonds is 10. The van der Waals surface area contributed by atoms with Crippen molar-refractivity contribution in [2.75, 3.05) is 19.0 Å². The first-order chi connectivity index (χ1) is 11.7. The summed E-state index contributed by atoms with van der Waals surface area (Å²) in [5.41, 5.74) is 1.37. The Morgan fingerprint density at radius 3 is 2.56 bits per heavy atom. The topological polar surface area (TPSA) is 102 Å². The molecule has 0 aliphatic carbocycles.